The van der Waals surface area contributed by atoms with Crippen LogP contribution in [0.15, 0.2) is 42.5 Å². The Kier molecular flexibility index (Phi) is 4.67. The van der Waals surface area contributed by atoms with Crippen LogP contribution in [0.25, 0.3) is 17.1 Å². The van der Waals surface area contributed by atoms with Gasteiger partial charge in [0.1, 0.15) is 11.6 Å². The predicted molar refractivity (Wildman–Crippen MR) is 95.1 cm³/mol. The summed E-state index contributed by atoms with van der Waals surface area (Å²) >= 11 is 12.2. The number of phenolic OH excluding ortho intramolecular Hbond substituents is 1. The minimum Gasteiger partial charge on any atom is -0.508 e. The summed E-state index contributed by atoms with van der Waals surface area (Å²) in [5, 5.41) is 20.1. The molecule has 1 amide bonds. The molecular formula is C17H13Cl2N3O3. The predicted octanol–water partition coefficient (Wildman–Crippen LogP) is 3.14. The number of aliphatic hydroxyl groups excluding tert-OH is 1. The Bertz CT molecular complexity index is 953. The SMILES string of the molecule is NC(=O)c1nc(-c2ccc(Cl)cc2Cl)n(-c2ccc(O)cc2)c1CO. The van der Waals surface area contributed by atoms with Gasteiger partial charge in [0.25, 0.3) is 5.91 Å². The minimum atomic E-state index is -0.770. The van der Waals surface area contributed by atoms with Crippen LogP contribution >= 0.6 is 23.2 Å². The zero-order chi connectivity index (χ0) is 18.1. The van der Waals surface area contributed by atoms with E-state index in [0.29, 0.717) is 27.1 Å². The molecule has 128 valence electrons. The Morgan fingerprint density at radius 1 is 1.16 bits per heavy atom. The minimum absolute atomic E-state index is 0.0587. The van der Waals surface area contributed by atoms with E-state index in [9.17, 15) is 15.0 Å². The number of carbonyl (C=O) groups excluding carboxylic acids is 1. The van der Waals surface area contributed by atoms with E-state index in [0.717, 1.165) is 0 Å². The first-order valence-electron chi connectivity index (χ1n) is 7.19. The summed E-state index contributed by atoms with van der Waals surface area (Å²) in [5.74, 6) is -0.367. The molecule has 6 nitrogen and oxygen atoms in total. The number of hydrogen-bond donors (Lipinski definition) is 3. The Morgan fingerprint density at radius 2 is 1.84 bits per heavy atom. The van der Waals surface area contributed by atoms with Gasteiger partial charge >= 0.3 is 0 Å². The fourth-order valence-electron chi connectivity index (χ4n) is 2.53. The van der Waals surface area contributed by atoms with Crippen LogP contribution in [0.1, 0.15) is 16.2 Å². The number of aliphatic hydroxyl groups is 1. The van der Waals surface area contributed by atoms with Crippen LogP contribution in [0.5, 0.6) is 5.75 Å². The van der Waals surface area contributed by atoms with Crippen molar-refractivity contribution in [3.05, 3.63) is 63.9 Å². The van der Waals surface area contributed by atoms with Gasteiger partial charge in [0, 0.05) is 16.3 Å². The maximum atomic E-state index is 11.7. The number of benzene rings is 2. The van der Waals surface area contributed by atoms with Crippen molar-refractivity contribution in [1.29, 1.82) is 0 Å². The molecule has 1 aromatic heterocycles. The van der Waals surface area contributed by atoms with Crippen LogP contribution in [0.2, 0.25) is 10.0 Å². The zero-order valence-electron chi connectivity index (χ0n) is 12.8. The highest BCUT2D eigenvalue weighted by atomic mass is 35.5. The van der Waals surface area contributed by atoms with Gasteiger partial charge in [0.2, 0.25) is 0 Å². The van der Waals surface area contributed by atoms with Crippen molar-refractivity contribution in [3.63, 3.8) is 0 Å². The number of nitrogens with zero attached hydrogens (tertiary/aromatic N) is 2. The van der Waals surface area contributed by atoms with Gasteiger partial charge in [-0.05, 0) is 42.5 Å². The number of imidazole rings is 1. The quantitative estimate of drug-likeness (QED) is 0.649. The topological polar surface area (TPSA) is 101 Å². The summed E-state index contributed by atoms with van der Waals surface area (Å²) in [5.41, 5.74) is 6.64. The van der Waals surface area contributed by atoms with E-state index in [1.807, 2.05) is 0 Å². The highest BCUT2D eigenvalue weighted by molar-refractivity contribution is 6.36. The number of nitrogens with two attached hydrogens (primary N) is 1. The molecule has 0 saturated heterocycles. The lowest BCUT2D eigenvalue weighted by Gasteiger charge is -2.12. The fourth-order valence-corrected chi connectivity index (χ4v) is 3.02. The summed E-state index contributed by atoms with van der Waals surface area (Å²) < 4.78 is 1.56. The summed E-state index contributed by atoms with van der Waals surface area (Å²) in [6.45, 7) is -0.461. The van der Waals surface area contributed by atoms with Gasteiger partial charge in [0.05, 0.1) is 17.3 Å². The largest absolute Gasteiger partial charge is 0.508 e. The zero-order valence-corrected chi connectivity index (χ0v) is 14.3. The van der Waals surface area contributed by atoms with E-state index in [4.69, 9.17) is 28.9 Å². The molecule has 0 radical (unpaired) electrons. The maximum absolute atomic E-state index is 11.7. The first-order chi connectivity index (χ1) is 11.9. The lowest BCUT2D eigenvalue weighted by atomic mass is 10.2. The molecule has 0 fully saturated rings. The average molecular weight is 378 g/mol. The molecule has 0 aliphatic carbocycles. The van der Waals surface area contributed by atoms with Crippen molar-refractivity contribution in [3.8, 4) is 22.8 Å². The Hall–Kier alpha value is -2.54. The molecule has 0 saturated carbocycles. The number of amides is 1. The molecule has 1 heterocycles. The lowest BCUT2D eigenvalue weighted by Crippen LogP contribution is -2.15. The van der Waals surface area contributed by atoms with Crippen LogP contribution in [0.3, 0.4) is 0 Å². The number of carbonyl (C=O) groups is 1. The van der Waals surface area contributed by atoms with Crippen LogP contribution in [-0.4, -0.2) is 25.7 Å². The van der Waals surface area contributed by atoms with Gasteiger partial charge in [0.15, 0.2) is 5.69 Å². The smallest absolute Gasteiger partial charge is 0.269 e. The van der Waals surface area contributed by atoms with E-state index in [-0.39, 0.29) is 17.1 Å². The number of rotatable bonds is 4. The van der Waals surface area contributed by atoms with E-state index < -0.39 is 12.5 Å². The van der Waals surface area contributed by atoms with Gasteiger partial charge in [-0.25, -0.2) is 4.98 Å². The van der Waals surface area contributed by atoms with Gasteiger partial charge in [-0.2, -0.15) is 0 Å². The van der Waals surface area contributed by atoms with Crippen LogP contribution in [0, 0.1) is 0 Å². The van der Waals surface area contributed by atoms with Crippen LogP contribution in [-0.2, 0) is 6.61 Å². The van der Waals surface area contributed by atoms with Gasteiger partial charge in [-0.3, -0.25) is 9.36 Å². The fraction of sp³-hybridized carbons (Fsp3) is 0.0588. The molecule has 8 heteroatoms. The second-order valence-electron chi connectivity index (χ2n) is 5.23. The average Bonchev–Trinajstić information content (AvgIpc) is 2.95. The summed E-state index contributed by atoms with van der Waals surface area (Å²) in [6, 6.07) is 11.1. The van der Waals surface area contributed by atoms with Crippen molar-refractivity contribution < 1.29 is 15.0 Å². The number of primary amides is 1. The van der Waals surface area contributed by atoms with Crippen molar-refractivity contribution in [2.45, 2.75) is 6.61 Å². The molecular weight excluding hydrogens is 365 g/mol. The summed E-state index contributed by atoms with van der Waals surface area (Å²) in [6.07, 6.45) is 0. The molecule has 2 aromatic carbocycles. The van der Waals surface area contributed by atoms with Crippen molar-refractivity contribution in [1.82, 2.24) is 9.55 Å². The van der Waals surface area contributed by atoms with E-state index in [1.165, 1.54) is 12.1 Å². The number of aromatic hydroxyl groups is 1. The van der Waals surface area contributed by atoms with Gasteiger partial charge in [-0.1, -0.05) is 23.2 Å². The third kappa shape index (κ3) is 3.19. The molecule has 0 aliphatic rings. The maximum Gasteiger partial charge on any atom is 0.269 e. The molecule has 0 atom stereocenters. The Morgan fingerprint density at radius 3 is 2.40 bits per heavy atom. The molecule has 3 rings (SSSR count). The van der Waals surface area contributed by atoms with E-state index in [1.54, 1.807) is 34.9 Å². The molecule has 4 N–H and O–H groups in total. The van der Waals surface area contributed by atoms with E-state index in [2.05, 4.69) is 4.98 Å². The highest BCUT2D eigenvalue weighted by Gasteiger charge is 2.23. The first kappa shape index (κ1) is 17.3. The lowest BCUT2D eigenvalue weighted by molar-refractivity contribution is 0.0992. The summed E-state index contributed by atoms with van der Waals surface area (Å²) in [7, 11) is 0. The normalized spacial score (nSPS) is 10.8. The third-order valence-electron chi connectivity index (χ3n) is 3.64. The van der Waals surface area contributed by atoms with Crippen molar-refractivity contribution >= 4 is 29.1 Å². The second kappa shape index (κ2) is 6.76. The molecule has 25 heavy (non-hydrogen) atoms. The Labute approximate surface area is 153 Å². The second-order valence-corrected chi connectivity index (χ2v) is 6.07. The van der Waals surface area contributed by atoms with Gasteiger partial charge < -0.3 is 15.9 Å². The monoisotopic (exact) mass is 377 g/mol. The number of halogens is 2. The van der Waals surface area contributed by atoms with Crippen LogP contribution in [0.4, 0.5) is 0 Å². The summed E-state index contributed by atoms with van der Waals surface area (Å²) in [4.78, 5) is 16.0. The van der Waals surface area contributed by atoms with Gasteiger partial charge in [-0.15, -0.1) is 0 Å². The van der Waals surface area contributed by atoms with Crippen molar-refractivity contribution in [2.75, 3.05) is 0 Å². The number of aromatic nitrogens is 2. The Balaban J connectivity index is 2.34. The molecule has 3 aromatic rings. The first-order valence-corrected chi connectivity index (χ1v) is 7.95. The molecule has 0 unspecified atom stereocenters. The molecule has 0 spiro atoms. The third-order valence-corrected chi connectivity index (χ3v) is 4.18. The molecule has 0 aliphatic heterocycles. The number of hydrogen-bond acceptors (Lipinski definition) is 4. The number of phenols is 1. The van der Waals surface area contributed by atoms with Crippen LogP contribution < -0.4 is 5.73 Å². The molecule has 0 bridgehead atoms. The highest BCUT2D eigenvalue weighted by Crippen LogP contribution is 2.33. The van der Waals surface area contributed by atoms with E-state index >= 15 is 0 Å². The van der Waals surface area contributed by atoms with Crippen molar-refractivity contribution in [2.24, 2.45) is 5.73 Å². The standard InChI is InChI=1S/C17H13Cl2N3O3/c18-9-1-6-12(13(19)7-9)17-21-15(16(20)25)14(8-23)22(17)10-2-4-11(24)5-3-10/h1-7,23-24H,8H2,(H2,20,25).